The van der Waals surface area contributed by atoms with E-state index in [0.717, 1.165) is 25.9 Å². The molecule has 2 fully saturated rings. The largest absolute Gasteiger partial charge is 0.462 e. The van der Waals surface area contributed by atoms with Gasteiger partial charge in [-0.1, -0.05) is 6.92 Å². The molecule has 6 nitrogen and oxygen atoms in total. The van der Waals surface area contributed by atoms with Crippen molar-refractivity contribution in [1.82, 2.24) is 4.90 Å². The van der Waals surface area contributed by atoms with Crippen LogP contribution in [-0.4, -0.2) is 42.4 Å². The lowest BCUT2D eigenvalue weighted by atomic mass is 9.99. The van der Waals surface area contributed by atoms with Crippen LogP contribution in [0.15, 0.2) is 24.3 Å². The molecular formula is C20H26N2O4. The van der Waals surface area contributed by atoms with Crippen molar-refractivity contribution in [2.75, 3.05) is 25.0 Å². The highest BCUT2D eigenvalue weighted by molar-refractivity contribution is 6.00. The van der Waals surface area contributed by atoms with E-state index in [9.17, 15) is 14.4 Å². The van der Waals surface area contributed by atoms with Crippen molar-refractivity contribution in [3.05, 3.63) is 29.8 Å². The SMILES string of the molecule is CCOC(=O)c1ccc(NC(=O)C2CC2C(=O)N2CCC(C)CC2)cc1. The van der Waals surface area contributed by atoms with Crippen molar-refractivity contribution < 1.29 is 19.1 Å². The first kappa shape index (κ1) is 18.4. The van der Waals surface area contributed by atoms with Gasteiger partial charge < -0.3 is 15.0 Å². The van der Waals surface area contributed by atoms with E-state index in [0.29, 0.717) is 30.2 Å². The summed E-state index contributed by atoms with van der Waals surface area (Å²) in [7, 11) is 0. The fourth-order valence-corrected chi connectivity index (χ4v) is 3.36. The van der Waals surface area contributed by atoms with Crippen molar-refractivity contribution in [3.63, 3.8) is 0 Å². The van der Waals surface area contributed by atoms with E-state index in [2.05, 4.69) is 12.2 Å². The summed E-state index contributed by atoms with van der Waals surface area (Å²) < 4.78 is 4.93. The third kappa shape index (κ3) is 4.23. The number of rotatable bonds is 5. The Bertz CT molecular complexity index is 678. The first-order valence-electron chi connectivity index (χ1n) is 9.36. The normalized spacial score (nSPS) is 22.6. The smallest absolute Gasteiger partial charge is 0.338 e. The highest BCUT2D eigenvalue weighted by atomic mass is 16.5. The van der Waals surface area contributed by atoms with Gasteiger partial charge in [0.15, 0.2) is 0 Å². The van der Waals surface area contributed by atoms with Crippen LogP contribution in [0.3, 0.4) is 0 Å². The third-order valence-electron chi connectivity index (χ3n) is 5.20. The molecule has 1 N–H and O–H groups in total. The Morgan fingerprint density at radius 2 is 1.77 bits per heavy atom. The number of amides is 2. The first-order chi connectivity index (χ1) is 12.5. The molecule has 1 aliphatic carbocycles. The molecule has 3 rings (SSSR count). The van der Waals surface area contributed by atoms with Gasteiger partial charge in [0, 0.05) is 18.8 Å². The lowest BCUT2D eigenvalue weighted by molar-refractivity contribution is -0.135. The number of nitrogens with one attached hydrogen (secondary N) is 1. The molecule has 1 aromatic carbocycles. The molecule has 26 heavy (non-hydrogen) atoms. The Morgan fingerprint density at radius 3 is 2.38 bits per heavy atom. The second-order valence-corrected chi connectivity index (χ2v) is 7.24. The third-order valence-corrected chi connectivity index (χ3v) is 5.20. The van der Waals surface area contributed by atoms with Crippen molar-refractivity contribution in [1.29, 1.82) is 0 Å². The number of anilines is 1. The molecule has 1 aromatic rings. The molecule has 1 heterocycles. The van der Waals surface area contributed by atoms with Gasteiger partial charge >= 0.3 is 5.97 Å². The summed E-state index contributed by atoms with van der Waals surface area (Å²) in [6.45, 7) is 5.90. The van der Waals surface area contributed by atoms with E-state index in [1.54, 1.807) is 31.2 Å². The zero-order chi connectivity index (χ0) is 18.7. The Labute approximate surface area is 153 Å². The molecule has 0 spiro atoms. The van der Waals surface area contributed by atoms with E-state index in [4.69, 9.17) is 4.74 Å². The second kappa shape index (κ2) is 7.89. The monoisotopic (exact) mass is 358 g/mol. The van der Waals surface area contributed by atoms with Gasteiger partial charge in [0.1, 0.15) is 0 Å². The van der Waals surface area contributed by atoms with Crippen LogP contribution in [0.4, 0.5) is 5.69 Å². The van der Waals surface area contributed by atoms with Gasteiger partial charge in [0.05, 0.1) is 24.0 Å². The summed E-state index contributed by atoms with van der Waals surface area (Å²) >= 11 is 0. The van der Waals surface area contributed by atoms with Crippen molar-refractivity contribution in [3.8, 4) is 0 Å². The molecule has 2 aliphatic rings. The highest BCUT2D eigenvalue weighted by Gasteiger charge is 2.49. The summed E-state index contributed by atoms with van der Waals surface area (Å²) in [6, 6.07) is 6.60. The molecule has 1 saturated carbocycles. The van der Waals surface area contributed by atoms with Crippen LogP contribution in [-0.2, 0) is 14.3 Å². The lowest BCUT2D eigenvalue weighted by Crippen LogP contribution is -2.39. The van der Waals surface area contributed by atoms with Crippen LogP contribution in [0.2, 0.25) is 0 Å². The van der Waals surface area contributed by atoms with Crippen LogP contribution in [0.1, 0.15) is 43.5 Å². The minimum atomic E-state index is -0.380. The Balaban J connectivity index is 1.50. The van der Waals surface area contributed by atoms with Gasteiger partial charge in [-0.15, -0.1) is 0 Å². The first-order valence-corrected chi connectivity index (χ1v) is 9.36. The minimum absolute atomic E-state index is 0.120. The summed E-state index contributed by atoms with van der Waals surface area (Å²) in [5, 5.41) is 2.84. The molecule has 6 heteroatoms. The summed E-state index contributed by atoms with van der Waals surface area (Å²) in [5.41, 5.74) is 1.07. The van der Waals surface area contributed by atoms with E-state index in [-0.39, 0.29) is 29.6 Å². The quantitative estimate of drug-likeness (QED) is 0.821. The maximum atomic E-state index is 12.5. The standard InChI is InChI=1S/C20H26N2O4/c1-3-26-20(25)14-4-6-15(7-5-14)21-18(23)16-12-17(16)19(24)22-10-8-13(2)9-11-22/h4-7,13,16-17H,3,8-12H2,1-2H3,(H,21,23). The average Bonchev–Trinajstić information content (AvgIpc) is 3.43. The number of hydrogen-bond acceptors (Lipinski definition) is 4. The number of hydrogen-bond donors (Lipinski definition) is 1. The van der Waals surface area contributed by atoms with Crippen LogP contribution in [0.25, 0.3) is 0 Å². The van der Waals surface area contributed by atoms with E-state index in [1.165, 1.54) is 0 Å². The molecular weight excluding hydrogens is 332 g/mol. The number of carbonyl (C=O) groups excluding carboxylic acids is 3. The number of ether oxygens (including phenoxy) is 1. The number of esters is 1. The van der Waals surface area contributed by atoms with E-state index < -0.39 is 0 Å². The van der Waals surface area contributed by atoms with Crippen molar-refractivity contribution in [2.45, 2.75) is 33.1 Å². The molecule has 0 radical (unpaired) electrons. The van der Waals surface area contributed by atoms with Crippen LogP contribution >= 0.6 is 0 Å². The van der Waals surface area contributed by atoms with Gasteiger partial charge in [0.2, 0.25) is 11.8 Å². The molecule has 1 saturated heterocycles. The topological polar surface area (TPSA) is 75.7 Å². The van der Waals surface area contributed by atoms with Crippen LogP contribution < -0.4 is 5.32 Å². The zero-order valence-electron chi connectivity index (χ0n) is 15.4. The van der Waals surface area contributed by atoms with Gasteiger partial charge in [-0.3, -0.25) is 9.59 Å². The van der Waals surface area contributed by atoms with Crippen molar-refractivity contribution in [2.24, 2.45) is 17.8 Å². The van der Waals surface area contributed by atoms with Crippen LogP contribution in [0, 0.1) is 17.8 Å². The number of nitrogens with zero attached hydrogens (tertiary/aromatic N) is 1. The Kier molecular flexibility index (Phi) is 5.59. The maximum Gasteiger partial charge on any atom is 0.338 e. The summed E-state index contributed by atoms with van der Waals surface area (Å²) in [5.74, 6) is -0.134. The molecule has 1 aliphatic heterocycles. The number of carbonyl (C=O) groups is 3. The molecule has 0 aromatic heterocycles. The highest BCUT2D eigenvalue weighted by Crippen LogP contribution is 2.41. The minimum Gasteiger partial charge on any atom is -0.462 e. The van der Waals surface area contributed by atoms with Gasteiger partial charge in [-0.2, -0.15) is 0 Å². The van der Waals surface area contributed by atoms with E-state index >= 15 is 0 Å². The molecule has 140 valence electrons. The molecule has 0 bridgehead atoms. The van der Waals surface area contributed by atoms with Crippen molar-refractivity contribution >= 4 is 23.5 Å². The second-order valence-electron chi connectivity index (χ2n) is 7.24. The fraction of sp³-hybridized carbons (Fsp3) is 0.550. The molecule has 2 amide bonds. The molecule has 2 atom stereocenters. The predicted octanol–water partition coefficient (Wildman–Crippen LogP) is 2.70. The van der Waals surface area contributed by atoms with Gasteiger partial charge in [0.25, 0.3) is 0 Å². The average molecular weight is 358 g/mol. The predicted molar refractivity (Wildman–Crippen MR) is 97.6 cm³/mol. The molecule has 2 unspecified atom stereocenters. The van der Waals surface area contributed by atoms with E-state index in [1.807, 2.05) is 4.90 Å². The number of likely N-dealkylation sites (tertiary alicyclic amines) is 1. The maximum absolute atomic E-state index is 12.5. The van der Waals surface area contributed by atoms with Gasteiger partial charge in [-0.05, 0) is 56.4 Å². The fourth-order valence-electron chi connectivity index (χ4n) is 3.36. The van der Waals surface area contributed by atoms with Gasteiger partial charge in [-0.25, -0.2) is 4.79 Å². The Morgan fingerprint density at radius 1 is 1.12 bits per heavy atom. The Hall–Kier alpha value is -2.37. The number of benzene rings is 1. The summed E-state index contributed by atoms with van der Waals surface area (Å²) in [6.07, 6.45) is 2.71. The summed E-state index contributed by atoms with van der Waals surface area (Å²) in [4.78, 5) is 38.4. The zero-order valence-corrected chi connectivity index (χ0v) is 15.4. The number of piperidine rings is 1. The lowest BCUT2D eigenvalue weighted by Gasteiger charge is -2.30. The van der Waals surface area contributed by atoms with Crippen LogP contribution in [0.5, 0.6) is 0 Å².